The molecule has 0 spiro atoms. The predicted molar refractivity (Wildman–Crippen MR) is 81.9 cm³/mol. The Kier molecular flexibility index (Phi) is 5.38. The summed E-state index contributed by atoms with van der Waals surface area (Å²) in [6.07, 6.45) is 4.38. The van der Waals surface area contributed by atoms with E-state index in [1.54, 1.807) is 31.3 Å². The van der Waals surface area contributed by atoms with E-state index < -0.39 is 0 Å². The van der Waals surface area contributed by atoms with Gasteiger partial charge in [-0.05, 0) is 30.2 Å². The Morgan fingerprint density at radius 1 is 1.25 bits per heavy atom. The molecular formula is C15H19N3OS. The van der Waals surface area contributed by atoms with E-state index in [0.29, 0.717) is 0 Å². The second-order valence-electron chi connectivity index (χ2n) is 4.42. The monoisotopic (exact) mass is 289 g/mol. The fraction of sp³-hybridized carbons (Fsp3) is 0.333. The van der Waals surface area contributed by atoms with Gasteiger partial charge >= 0.3 is 0 Å². The molecule has 0 saturated carbocycles. The summed E-state index contributed by atoms with van der Waals surface area (Å²) in [5, 5.41) is 0.849. The van der Waals surface area contributed by atoms with Crippen LogP contribution in [0, 0.1) is 0 Å². The molecule has 2 rings (SSSR count). The molecule has 106 valence electrons. The Morgan fingerprint density at radius 2 is 2.00 bits per heavy atom. The van der Waals surface area contributed by atoms with Crippen molar-refractivity contribution in [2.45, 2.75) is 29.8 Å². The highest BCUT2D eigenvalue weighted by molar-refractivity contribution is 7.99. The predicted octanol–water partition coefficient (Wildman–Crippen LogP) is 3.06. The molecule has 0 aliphatic heterocycles. The van der Waals surface area contributed by atoms with Crippen molar-refractivity contribution in [3.8, 4) is 5.75 Å². The summed E-state index contributed by atoms with van der Waals surface area (Å²) in [6, 6.07) is 9.85. The first-order valence-corrected chi connectivity index (χ1v) is 7.45. The Hall–Kier alpha value is -1.59. The minimum absolute atomic E-state index is 0.0379. The molecule has 0 aliphatic carbocycles. The van der Waals surface area contributed by atoms with Gasteiger partial charge in [0.1, 0.15) is 5.75 Å². The number of benzene rings is 1. The van der Waals surface area contributed by atoms with E-state index in [1.807, 2.05) is 24.3 Å². The lowest BCUT2D eigenvalue weighted by atomic mass is 10.0. The van der Waals surface area contributed by atoms with Gasteiger partial charge in [0.05, 0.1) is 12.4 Å². The topological polar surface area (TPSA) is 61.0 Å². The molecule has 0 radical (unpaired) electrons. The van der Waals surface area contributed by atoms with Crippen molar-refractivity contribution in [1.82, 2.24) is 9.97 Å². The fourth-order valence-corrected chi connectivity index (χ4v) is 3.02. The number of aromatic nitrogens is 2. The number of methoxy groups -OCH3 is 1. The van der Waals surface area contributed by atoms with Crippen molar-refractivity contribution < 1.29 is 4.74 Å². The van der Waals surface area contributed by atoms with E-state index in [2.05, 4.69) is 23.0 Å². The van der Waals surface area contributed by atoms with Gasteiger partial charge in [0.25, 0.3) is 0 Å². The first-order valence-electron chi connectivity index (χ1n) is 6.57. The summed E-state index contributed by atoms with van der Waals surface area (Å²) in [6.45, 7) is 2.09. The van der Waals surface area contributed by atoms with E-state index >= 15 is 0 Å². The normalized spacial score (nSPS) is 13.8. The van der Waals surface area contributed by atoms with Gasteiger partial charge in [-0.2, -0.15) is 0 Å². The van der Waals surface area contributed by atoms with Crippen LogP contribution in [-0.2, 0) is 0 Å². The maximum Gasteiger partial charge on any atom is 0.188 e. The number of nitrogens with two attached hydrogens (primary N) is 1. The Labute approximate surface area is 123 Å². The average molecular weight is 289 g/mol. The van der Waals surface area contributed by atoms with Crippen molar-refractivity contribution in [2.24, 2.45) is 5.73 Å². The number of nitrogens with zero attached hydrogens (tertiary/aromatic N) is 2. The van der Waals surface area contributed by atoms with Gasteiger partial charge in [-0.3, -0.25) is 0 Å². The molecule has 0 saturated heterocycles. The van der Waals surface area contributed by atoms with Crippen molar-refractivity contribution in [1.29, 1.82) is 0 Å². The molecule has 1 aromatic carbocycles. The molecule has 20 heavy (non-hydrogen) atoms. The van der Waals surface area contributed by atoms with Crippen molar-refractivity contribution >= 4 is 11.8 Å². The van der Waals surface area contributed by atoms with Gasteiger partial charge in [0, 0.05) is 18.4 Å². The SMILES string of the molecule is CCC(N)C(Sc1ncccn1)c1cccc(OC)c1. The molecule has 2 N–H and O–H groups in total. The first kappa shape index (κ1) is 14.8. The molecule has 0 fully saturated rings. The fourth-order valence-electron chi connectivity index (χ4n) is 1.90. The van der Waals surface area contributed by atoms with Gasteiger partial charge < -0.3 is 10.5 Å². The molecule has 2 atom stereocenters. The minimum atomic E-state index is 0.0379. The molecule has 5 heteroatoms. The summed E-state index contributed by atoms with van der Waals surface area (Å²) in [7, 11) is 1.67. The Balaban J connectivity index is 2.27. The minimum Gasteiger partial charge on any atom is -0.497 e. The molecule has 2 unspecified atom stereocenters. The zero-order chi connectivity index (χ0) is 14.4. The third-order valence-corrected chi connectivity index (χ3v) is 4.35. The number of hydrogen-bond acceptors (Lipinski definition) is 5. The van der Waals surface area contributed by atoms with Gasteiger partial charge in [-0.1, -0.05) is 30.8 Å². The van der Waals surface area contributed by atoms with Crippen molar-refractivity contribution in [2.75, 3.05) is 7.11 Å². The van der Waals surface area contributed by atoms with Crippen LogP contribution in [0.2, 0.25) is 0 Å². The third-order valence-electron chi connectivity index (χ3n) is 3.06. The highest BCUT2D eigenvalue weighted by Gasteiger charge is 2.21. The summed E-state index contributed by atoms with van der Waals surface area (Å²) in [5.41, 5.74) is 7.41. The lowest BCUT2D eigenvalue weighted by Gasteiger charge is -2.22. The summed E-state index contributed by atoms with van der Waals surface area (Å²) >= 11 is 1.59. The lowest BCUT2D eigenvalue weighted by Crippen LogP contribution is -2.25. The van der Waals surface area contributed by atoms with Gasteiger partial charge in [0.15, 0.2) is 5.16 Å². The van der Waals surface area contributed by atoms with Gasteiger partial charge in [-0.15, -0.1) is 0 Å². The number of rotatable bonds is 6. The smallest absolute Gasteiger partial charge is 0.188 e. The summed E-state index contributed by atoms with van der Waals surface area (Å²) in [4.78, 5) is 8.54. The highest BCUT2D eigenvalue weighted by atomic mass is 32.2. The third kappa shape index (κ3) is 3.71. The van der Waals surface area contributed by atoms with E-state index in [-0.39, 0.29) is 11.3 Å². The van der Waals surface area contributed by atoms with Crippen molar-refractivity contribution in [3.05, 3.63) is 48.3 Å². The largest absolute Gasteiger partial charge is 0.497 e. The average Bonchev–Trinajstić information content (AvgIpc) is 2.53. The summed E-state index contributed by atoms with van der Waals surface area (Å²) in [5.74, 6) is 0.838. The highest BCUT2D eigenvalue weighted by Crippen LogP contribution is 2.37. The second-order valence-corrected chi connectivity index (χ2v) is 5.53. The van der Waals surface area contributed by atoms with Crippen LogP contribution < -0.4 is 10.5 Å². The van der Waals surface area contributed by atoms with Crippen LogP contribution in [0.3, 0.4) is 0 Å². The molecule has 1 heterocycles. The maximum absolute atomic E-state index is 6.27. The Bertz CT molecular complexity index is 536. The van der Waals surface area contributed by atoms with Gasteiger partial charge in [0.2, 0.25) is 0 Å². The van der Waals surface area contributed by atoms with Crippen LogP contribution in [0.5, 0.6) is 5.75 Å². The number of hydrogen-bond donors (Lipinski definition) is 1. The van der Waals surface area contributed by atoms with E-state index in [9.17, 15) is 0 Å². The van der Waals surface area contributed by atoms with Crippen LogP contribution >= 0.6 is 11.8 Å². The maximum atomic E-state index is 6.27. The molecule has 0 bridgehead atoms. The van der Waals surface area contributed by atoms with Crippen LogP contribution in [0.1, 0.15) is 24.2 Å². The number of thioether (sulfide) groups is 1. The molecule has 1 aromatic heterocycles. The van der Waals surface area contributed by atoms with Crippen LogP contribution in [0.25, 0.3) is 0 Å². The molecule has 0 aliphatic rings. The van der Waals surface area contributed by atoms with Crippen LogP contribution in [-0.4, -0.2) is 23.1 Å². The van der Waals surface area contributed by atoms with Crippen molar-refractivity contribution in [3.63, 3.8) is 0 Å². The first-order chi connectivity index (χ1) is 9.74. The summed E-state index contributed by atoms with van der Waals surface area (Å²) < 4.78 is 5.29. The number of ether oxygens (including phenoxy) is 1. The van der Waals surface area contributed by atoms with E-state index in [0.717, 1.165) is 22.9 Å². The Morgan fingerprint density at radius 3 is 2.65 bits per heavy atom. The zero-order valence-corrected chi connectivity index (χ0v) is 12.5. The van der Waals surface area contributed by atoms with E-state index in [4.69, 9.17) is 10.5 Å². The molecule has 4 nitrogen and oxygen atoms in total. The van der Waals surface area contributed by atoms with Crippen LogP contribution in [0.15, 0.2) is 47.9 Å². The molecule has 2 aromatic rings. The molecule has 0 amide bonds. The standard InChI is InChI=1S/C15H19N3OS/c1-3-13(16)14(20-15-17-8-5-9-18-15)11-6-4-7-12(10-11)19-2/h4-10,13-14H,3,16H2,1-2H3. The molecular weight excluding hydrogens is 270 g/mol. The zero-order valence-electron chi connectivity index (χ0n) is 11.7. The van der Waals surface area contributed by atoms with Crippen LogP contribution in [0.4, 0.5) is 0 Å². The van der Waals surface area contributed by atoms with E-state index in [1.165, 1.54) is 0 Å². The lowest BCUT2D eigenvalue weighted by molar-refractivity contribution is 0.414. The second kappa shape index (κ2) is 7.26. The quantitative estimate of drug-likeness (QED) is 0.654. The van der Waals surface area contributed by atoms with Gasteiger partial charge in [-0.25, -0.2) is 9.97 Å².